The highest BCUT2D eigenvalue weighted by atomic mass is 79.9. The van der Waals surface area contributed by atoms with Gasteiger partial charge in [-0.15, -0.1) is 0 Å². The van der Waals surface area contributed by atoms with Crippen molar-refractivity contribution in [2.75, 3.05) is 5.32 Å². The van der Waals surface area contributed by atoms with Gasteiger partial charge in [0.05, 0.1) is 23.6 Å². The minimum absolute atomic E-state index is 0.251. The zero-order valence-electron chi connectivity index (χ0n) is 10.7. The summed E-state index contributed by atoms with van der Waals surface area (Å²) < 4.78 is 28.7. The van der Waals surface area contributed by atoms with Crippen molar-refractivity contribution in [3.05, 3.63) is 45.7 Å². The first-order valence-corrected chi connectivity index (χ1v) is 6.70. The fraction of sp³-hybridized carbons (Fsp3) is 0.308. The third kappa shape index (κ3) is 3.12. The molecule has 0 unspecified atom stereocenters. The Kier molecular flexibility index (Phi) is 4.19. The first kappa shape index (κ1) is 14.0. The van der Waals surface area contributed by atoms with Gasteiger partial charge in [0.15, 0.2) is 0 Å². The SMILES string of the molecule is CCc1cc(CNc2c(F)cc(F)cc2Br)n(C)n1. The summed E-state index contributed by atoms with van der Waals surface area (Å²) in [6.45, 7) is 2.44. The number of halogens is 3. The summed E-state index contributed by atoms with van der Waals surface area (Å²) >= 11 is 3.14. The number of hydrogen-bond donors (Lipinski definition) is 1. The number of anilines is 1. The van der Waals surface area contributed by atoms with Gasteiger partial charge in [-0.25, -0.2) is 8.78 Å². The number of hydrogen-bond acceptors (Lipinski definition) is 2. The van der Waals surface area contributed by atoms with Crippen molar-refractivity contribution < 1.29 is 8.78 Å². The Balaban J connectivity index is 2.16. The monoisotopic (exact) mass is 329 g/mol. The van der Waals surface area contributed by atoms with E-state index >= 15 is 0 Å². The van der Waals surface area contributed by atoms with Gasteiger partial charge in [0, 0.05) is 17.6 Å². The van der Waals surface area contributed by atoms with E-state index in [0.717, 1.165) is 23.9 Å². The normalized spacial score (nSPS) is 10.8. The Labute approximate surface area is 118 Å². The number of rotatable bonds is 4. The molecule has 1 aromatic heterocycles. The van der Waals surface area contributed by atoms with Crippen molar-refractivity contribution in [3.8, 4) is 0 Å². The van der Waals surface area contributed by atoms with Crippen molar-refractivity contribution in [3.63, 3.8) is 0 Å². The molecule has 1 heterocycles. The summed E-state index contributed by atoms with van der Waals surface area (Å²) in [5.41, 5.74) is 2.17. The lowest BCUT2D eigenvalue weighted by atomic mass is 10.2. The van der Waals surface area contributed by atoms with Gasteiger partial charge in [-0.2, -0.15) is 5.10 Å². The summed E-state index contributed by atoms with van der Waals surface area (Å²) in [4.78, 5) is 0. The van der Waals surface area contributed by atoms with Crippen LogP contribution < -0.4 is 5.32 Å². The average Bonchev–Trinajstić information content (AvgIpc) is 2.69. The largest absolute Gasteiger partial charge is 0.376 e. The van der Waals surface area contributed by atoms with Crippen LogP contribution in [0.5, 0.6) is 0 Å². The van der Waals surface area contributed by atoms with Crippen LogP contribution in [-0.4, -0.2) is 9.78 Å². The average molecular weight is 330 g/mol. The third-order valence-electron chi connectivity index (χ3n) is 2.84. The zero-order valence-corrected chi connectivity index (χ0v) is 12.3. The molecule has 0 bridgehead atoms. The van der Waals surface area contributed by atoms with Crippen molar-refractivity contribution in [2.24, 2.45) is 7.05 Å². The van der Waals surface area contributed by atoms with E-state index in [9.17, 15) is 8.78 Å². The van der Waals surface area contributed by atoms with E-state index in [1.807, 2.05) is 20.0 Å². The van der Waals surface area contributed by atoms with E-state index in [1.165, 1.54) is 6.07 Å². The number of aromatic nitrogens is 2. The number of nitrogens with zero attached hydrogens (tertiary/aromatic N) is 2. The van der Waals surface area contributed by atoms with Gasteiger partial charge in [0.1, 0.15) is 11.6 Å². The van der Waals surface area contributed by atoms with Gasteiger partial charge in [0.25, 0.3) is 0 Å². The van der Waals surface area contributed by atoms with E-state index in [0.29, 0.717) is 11.0 Å². The first-order chi connectivity index (χ1) is 9.01. The van der Waals surface area contributed by atoms with Gasteiger partial charge < -0.3 is 5.32 Å². The Hall–Kier alpha value is -1.43. The Morgan fingerprint density at radius 1 is 1.32 bits per heavy atom. The van der Waals surface area contributed by atoms with Gasteiger partial charge in [-0.1, -0.05) is 6.92 Å². The van der Waals surface area contributed by atoms with Crippen LogP contribution >= 0.6 is 15.9 Å². The molecule has 0 atom stereocenters. The molecular weight excluding hydrogens is 316 g/mol. The Bertz CT molecular complexity index is 573. The predicted molar refractivity (Wildman–Crippen MR) is 74.0 cm³/mol. The standard InChI is InChI=1S/C13H14BrF2N3/c1-3-9-6-10(19(2)18-9)7-17-13-11(14)4-8(15)5-12(13)16/h4-6,17H,3,7H2,1-2H3. The minimum atomic E-state index is -0.621. The van der Waals surface area contributed by atoms with Crippen LogP contribution in [0.3, 0.4) is 0 Å². The lowest BCUT2D eigenvalue weighted by molar-refractivity contribution is 0.583. The van der Waals surface area contributed by atoms with E-state index < -0.39 is 11.6 Å². The molecule has 0 spiro atoms. The highest BCUT2D eigenvalue weighted by Gasteiger charge is 2.10. The molecule has 0 aliphatic rings. The second kappa shape index (κ2) is 5.69. The van der Waals surface area contributed by atoms with Gasteiger partial charge in [-0.05, 0) is 34.5 Å². The predicted octanol–water partition coefficient (Wildman–Crippen LogP) is 3.64. The van der Waals surface area contributed by atoms with Crippen molar-refractivity contribution in [2.45, 2.75) is 19.9 Å². The van der Waals surface area contributed by atoms with Crippen LogP contribution in [0, 0.1) is 11.6 Å². The molecule has 0 aliphatic carbocycles. The molecule has 0 fully saturated rings. The third-order valence-corrected chi connectivity index (χ3v) is 3.47. The van der Waals surface area contributed by atoms with Crippen LogP contribution in [-0.2, 0) is 20.0 Å². The minimum Gasteiger partial charge on any atom is -0.376 e. The molecule has 19 heavy (non-hydrogen) atoms. The molecule has 2 rings (SSSR count). The highest BCUT2D eigenvalue weighted by Crippen LogP contribution is 2.27. The zero-order chi connectivity index (χ0) is 14.0. The highest BCUT2D eigenvalue weighted by molar-refractivity contribution is 9.10. The summed E-state index contributed by atoms with van der Waals surface area (Å²) in [6, 6.07) is 4.04. The van der Waals surface area contributed by atoms with Gasteiger partial charge in [-0.3, -0.25) is 4.68 Å². The fourth-order valence-corrected chi connectivity index (χ4v) is 2.35. The molecule has 1 aromatic carbocycles. The van der Waals surface area contributed by atoms with Crippen LogP contribution in [0.4, 0.5) is 14.5 Å². The second-order valence-corrected chi connectivity index (χ2v) is 5.06. The first-order valence-electron chi connectivity index (χ1n) is 5.91. The fourth-order valence-electron chi connectivity index (χ4n) is 1.80. The van der Waals surface area contributed by atoms with E-state index in [4.69, 9.17) is 0 Å². The van der Waals surface area contributed by atoms with E-state index in [1.54, 1.807) is 4.68 Å². The molecule has 0 aliphatic heterocycles. The molecule has 0 amide bonds. The molecule has 3 nitrogen and oxygen atoms in total. The van der Waals surface area contributed by atoms with Crippen LogP contribution in [0.1, 0.15) is 18.3 Å². The topological polar surface area (TPSA) is 29.9 Å². The molecule has 1 N–H and O–H groups in total. The molecule has 102 valence electrons. The number of nitrogens with one attached hydrogen (secondary N) is 1. The number of benzene rings is 1. The lowest BCUT2D eigenvalue weighted by Gasteiger charge is -2.10. The molecule has 0 radical (unpaired) electrons. The molecular formula is C13H14BrF2N3. The summed E-state index contributed by atoms with van der Waals surface area (Å²) in [6.07, 6.45) is 0.850. The second-order valence-electron chi connectivity index (χ2n) is 4.20. The smallest absolute Gasteiger partial charge is 0.150 e. The lowest BCUT2D eigenvalue weighted by Crippen LogP contribution is -2.07. The van der Waals surface area contributed by atoms with Crippen LogP contribution in [0.25, 0.3) is 0 Å². The molecule has 0 saturated heterocycles. The Morgan fingerprint density at radius 2 is 2.05 bits per heavy atom. The molecule has 0 saturated carbocycles. The molecule has 2 aromatic rings. The van der Waals surface area contributed by atoms with Gasteiger partial charge >= 0.3 is 0 Å². The van der Waals surface area contributed by atoms with Gasteiger partial charge in [0.2, 0.25) is 0 Å². The van der Waals surface area contributed by atoms with Crippen LogP contribution in [0.2, 0.25) is 0 Å². The van der Waals surface area contributed by atoms with Crippen molar-refractivity contribution in [1.29, 1.82) is 0 Å². The van der Waals surface area contributed by atoms with Crippen molar-refractivity contribution in [1.82, 2.24) is 9.78 Å². The van der Waals surface area contributed by atoms with E-state index in [-0.39, 0.29) is 5.69 Å². The summed E-state index contributed by atoms with van der Waals surface area (Å²) in [5, 5.41) is 7.27. The maximum atomic E-state index is 13.6. The maximum absolute atomic E-state index is 13.6. The molecule has 6 heteroatoms. The summed E-state index contributed by atoms with van der Waals surface area (Å²) in [7, 11) is 1.84. The van der Waals surface area contributed by atoms with Crippen molar-refractivity contribution >= 4 is 21.6 Å². The van der Waals surface area contributed by atoms with E-state index in [2.05, 4.69) is 26.3 Å². The van der Waals surface area contributed by atoms with Crippen LogP contribution in [0.15, 0.2) is 22.7 Å². The maximum Gasteiger partial charge on any atom is 0.150 e. The summed E-state index contributed by atoms with van der Waals surface area (Å²) in [5.74, 6) is -1.23. The number of aryl methyl sites for hydroxylation is 2. The Morgan fingerprint density at radius 3 is 2.63 bits per heavy atom. The quantitative estimate of drug-likeness (QED) is 0.928.